The smallest absolute Gasteiger partial charge is 0.0363 e. The first-order valence-corrected chi connectivity index (χ1v) is 9.46. The standard InChI is InChI=1S/C23H26N2.2ClH/c1-2-7-20(8-3-1)21-11-14-25(15-12-21)18-19-6-4-9-22(16-19)23-10-5-13-24-17-23;;/h1-2,5,8,10-14,16-17,19H,3-4,6-7,9,15,18H2;2*1H. The van der Waals surface area contributed by atoms with Gasteiger partial charge in [-0.1, -0.05) is 36.4 Å². The fourth-order valence-electron chi connectivity index (χ4n) is 3.98. The summed E-state index contributed by atoms with van der Waals surface area (Å²) in [6.45, 7) is 2.14. The van der Waals surface area contributed by atoms with Crippen LogP contribution in [0.3, 0.4) is 0 Å². The molecular formula is C23H28Cl2N2. The van der Waals surface area contributed by atoms with E-state index in [9.17, 15) is 0 Å². The summed E-state index contributed by atoms with van der Waals surface area (Å²) in [7, 11) is 0. The van der Waals surface area contributed by atoms with Gasteiger partial charge in [0.25, 0.3) is 0 Å². The summed E-state index contributed by atoms with van der Waals surface area (Å²) in [5.41, 5.74) is 5.66. The highest BCUT2D eigenvalue weighted by molar-refractivity contribution is 5.85. The number of halogens is 2. The van der Waals surface area contributed by atoms with Crippen LogP contribution in [0.1, 0.15) is 37.7 Å². The lowest BCUT2D eigenvalue weighted by atomic mass is 9.87. The quantitative estimate of drug-likeness (QED) is 0.562. The van der Waals surface area contributed by atoms with E-state index in [-0.39, 0.29) is 24.8 Å². The fourth-order valence-corrected chi connectivity index (χ4v) is 3.98. The second kappa shape index (κ2) is 10.5. The summed E-state index contributed by atoms with van der Waals surface area (Å²) in [6.07, 6.45) is 26.1. The molecule has 0 aromatic carbocycles. The lowest BCUT2D eigenvalue weighted by molar-refractivity contribution is 0.344. The number of nitrogens with zero attached hydrogens (tertiary/aromatic N) is 2. The third-order valence-corrected chi connectivity index (χ3v) is 5.35. The highest BCUT2D eigenvalue weighted by Gasteiger charge is 2.18. The first-order valence-electron chi connectivity index (χ1n) is 9.46. The number of hydrogen-bond acceptors (Lipinski definition) is 2. The Labute approximate surface area is 175 Å². The zero-order chi connectivity index (χ0) is 16.9. The van der Waals surface area contributed by atoms with Gasteiger partial charge in [0.1, 0.15) is 0 Å². The second-order valence-corrected chi connectivity index (χ2v) is 7.16. The molecule has 0 radical (unpaired) electrons. The van der Waals surface area contributed by atoms with Gasteiger partial charge in [0.05, 0.1) is 0 Å². The van der Waals surface area contributed by atoms with Crippen molar-refractivity contribution in [1.82, 2.24) is 9.88 Å². The molecule has 2 aliphatic carbocycles. The van der Waals surface area contributed by atoms with Crippen LogP contribution in [0.5, 0.6) is 0 Å². The zero-order valence-corrected chi connectivity index (χ0v) is 17.2. The van der Waals surface area contributed by atoms with E-state index in [0.717, 1.165) is 25.9 Å². The summed E-state index contributed by atoms with van der Waals surface area (Å²) >= 11 is 0. The van der Waals surface area contributed by atoms with E-state index in [2.05, 4.69) is 58.6 Å². The Morgan fingerprint density at radius 2 is 2.04 bits per heavy atom. The molecular weight excluding hydrogens is 375 g/mol. The van der Waals surface area contributed by atoms with Gasteiger partial charge in [-0.2, -0.15) is 0 Å². The molecule has 0 saturated heterocycles. The average Bonchev–Trinajstić information content (AvgIpc) is 2.70. The van der Waals surface area contributed by atoms with Crippen LogP contribution in [-0.4, -0.2) is 23.0 Å². The van der Waals surface area contributed by atoms with Gasteiger partial charge in [-0.3, -0.25) is 4.98 Å². The number of pyridine rings is 1. The molecule has 1 unspecified atom stereocenters. The second-order valence-electron chi connectivity index (χ2n) is 7.16. The summed E-state index contributed by atoms with van der Waals surface area (Å²) < 4.78 is 0. The van der Waals surface area contributed by atoms with Crippen LogP contribution >= 0.6 is 24.8 Å². The first kappa shape index (κ1) is 21.5. The van der Waals surface area contributed by atoms with Crippen LogP contribution < -0.4 is 0 Å². The SMILES string of the molecule is C1=CCC(C2=CCN(CC3C=C(c4cccnc4)CCC3)C=C2)=CC1.Cl.Cl. The molecule has 4 heteroatoms. The lowest BCUT2D eigenvalue weighted by Gasteiger charge is -2.29. The molecule has 0 N–H and O–H groups in total. The van der Waals surface area contributed by atoms with Crippen molar-refractivity contribution in [2.24, 2.45) is 5.92 Å². The summed E-state index contributed by atoms with van der Waals surface area (Å²) in [5, 5.41) is 0. The van der Waals surface area contributed by atoms with E-state index in [1.807, 2.05) is 18.5 Å². The van der Waals surface area contributed by atoms with Crippen molar-refractivity contribution in [2.75, 3.05) is 13.1 Å². The van der Waals surface area contributed by atoms with Crippen molar-refractivity contribution in [1.29, 1.82) is 0 Å². The predicted molar refractivity (Wildman–Crippen MR) is 119 cm³/mol. The Hall–Kier alpha value is -1.77. The summed E-state index contributed by atoms with van der Waals surface area (Å²) in [5.74, 6) is 0.639. The molecule has 3 aliphatic rings. The topological polar surface area (TPSA) is 16.1 Å². The van der Waals surface area contributed by atoms with Gasteiger partial charge in [-0.15, -0.1) is 24.8 Å². The van der Waals surface area contributed by atoms with E-state index in [1.165, 1.54) is 41.5 Å². The van der Waals surface area contributed by atoms with E-state index in [1.54, 1.807) is 0 Å². The molecule has 1 atom stereocenters. The maximum absolute atomic E-state index is 4.27. The van der Waals surface area contributed by atoms with Crippen molar-refractivity contribution < 1.29 is 0 Å². The van der Waals surface area contributed by atoms with Gasteiger partial charge in [0, 0.05) is 25.5 Å². The number of rotatable bonds is 4. The maximum Gasteiger partial charge on any atom is 0.0363 e. The van der Waals surface area contributed by atoms with Gasteiger partial charge in [0.2, 0.25) is 0 Å². The van der Waals surface area contributed by atoms with Gasteiger partial charge in [0.15, 0.2) is 0 Å². The van der Waals surface area contributed by atoms with Crippen molar-refractivity contribution >= 4 is 30.4 Å². The predicted octanol–water partition coefficient (Wildman–Crippen LogP) is 6.14. The molecule has 0 amide bonds. The lowest BCUT2D eigenvalue weighted by Crippen LogP contribution is -2.27. The minimum Gasteiger partial charge on any atom is -0.373 e. The molecule has 27 heavy (non-hydrogen) atoms. The molecule has 4 rings (SSSR count). The Balaban J connectivity index is 0.00000131. The largest absolute Gasteiger partial charge is 0.373 e. The molecule has 1 aromatic heterocycles. The molecule has 0 fully saturated rings. The van der Waals surface area contributed by atoms with Gasteiger partial charge < -0.3 is 4.90 Å². The first-order chi connectivity index (χ1) is 12.4. The van der Waals surface area contributed by atoms with Crippen LogP contribution in [0.4, 0.5) is 0 Å². The molecule has 2 heterocycles. The minimum atomic E-state index is 0. The summed E-state index contributed by atoms with van der Waals surface area (Å²) in [4.78, 5) is 6.73. The third-order valence-electron chi connectivity index (χ3n) is 5.35. The highest BCUT2D eigenvalue weighted by Crippen LogP contribution is 2.31. The fraction of sp³-hybridized carbons (Fsp3) is 0.348. The Morgan fingerprint density at radius 1 is 1.11 bits per heavy atom. The van der Waals surface area contributed by atoms with Crippen LogP contribution in [0, 0.1) is 5.92 Å². The molecule has 144 valence electrons. The van der Waals surface area contributed by atoms with E-state index >= 15 is 0 Å². The van der Waals surface area contributed by atoms with Crippen LogP contribution in [0.15, 0.2) is 78.3 Å². The van der Waals surface area contributed by atoms with E-state index in [0.29, 0.717) is 5.92 Å². The molecule has 0 spiro atoms. The molecule has 1 aromatic rings. The van der Waals surface area contributed by atoms with Gasteiger partial charge in [-0.05, 0) is 78.6 Å². The van der Waals surface area contributed by atoms with Gasteiger partial charge in [-0.25, -0.2) is 0 Å². The molecule has 0 bridgehead atoms. The summed E-state index contributed by atoms with van der Waals surface area (Å²) in [6, 6.07) is 4.22. The van der Waals surface area contributed by atoms with Crippen molar-refractivity contribution in [3.8, 4) is 0 Å². The molecule has 1 aliphatic heterocycles. The Kier molecular flexibility index (Phi) is 8.40. The number of aromatic nitrogens is 1. The zero-order valence-electron chi connectivity index (χ0n) is 15.6. The Morgan fingerprint density at radius 3 is 2.74 bits per heavy atom. The Bertz CT molecular complexity index is 760. The molecule has 2 nitrogen and oxygen atoms in total. The monoisotopic (exact) mass is 402 g/mol. The van der Waals surface area contributed by atoms with E-state index < -0.39 is 0 Å². The minimum absolute atomic E-state index is 0. The van der Waals surface area contributed by atoms with Gasteiger partial charge >= 0.3 is 0 Å². The van der Waals surface area contributed by atoms with Crippen LogP contribution in [0.2, 0.25) is 0 Å². The van der Waals surface area contributed by atoms with Crippen LogP contribution in [0.25, 0.3) is 5.57 Å². The highest BCUT2D eigenvalue weighted by atomic mass is 35.5. The maximum atomic E-state index is 4.27. The third kappa shape index (κ3) is 5.60. The molecule has 0 saturated carbocycles. The number of allylic oxidation sites excluding steroid dienone is 7. The van der Waals surface area contributed by atoms with Crippen molar-refractivity contribution in [2.45, 2.75) is 32.1 Å². The average molecular weight is 403 g/mol. The van der Waals surface area contributed by atoms with Crippen molar-refractivity contribution in [3.05, 3.63) is 83.9 Å². The normalized spacial score (nSPS) is 21.4. The van der Waals surface area contributed by atoms with Crippen molar-refractivity contribution in [3.63, 3.8) is 0 Å². The van der Waals surface area contributed by atoms with E-state index in [4.69, 9.17) is 0 Å². The number of hydrogen-bond donors (Lipinski definition) is 0. The van der Waals surface area contributed by atoms with Crippen LogP contribution in [-0.2, 0) is 0 Å².